The molecule has 4 heteroatoms. The van der Waals surface area contributed by atoms with Crippen LogP contribution in [0.15, 0.2) is 5.16 Å². The highest BCUT2D eigenvalue weighted by Crippen LogP contribution is 2.12. The molecule has 0 aliphatic carbocycles. The topological polar surface area (TPSA) is 62.4 Å². The summed E-state index contributed by atoms with van der Waals surface area (Å²) in [4.78, 5) is 15.1. The van der Waals surface area contributed by atoms with E-state index in [1.54, 1.807) is 0 Å². The molecule has 0 aliphatic rings. The number of carbonyl (C=O) groups is 1. The second-order valence-electron chi connectivity index (χ2n) is 3.41. The van der Waals surface area contributed by atoms with Gasteiger partial charge < -0.3 is 4.84 Å². The summed E-state index contributed by atoms with van der Waals surface area (Å²) < 4.78 is 0. The summed E-state index contributed by atoms with van der Waals surface area (Å²) in [6.45, 7) is 5.28. The smallest absolute Gasteiger partial charge is 0.319 e. The molecule has 0 heterocycles. The predicted octanol–water partition coefficient (Wildman–Crippen LogP) is 2.65. The minimum atomic E-state index is -0.426. The van der Waals surface area contributed by atoms with E-state index in [2.05, 4.69) is 16.1 Å². The molecular weight excluding hydrogens is 192 g/mol. The van der Waals surface area contributed by atoms with E-state index in [0.717, 1.165) is 18.6 Å². The van der Waals surface area contributed by atoms with Crippen LogP contribution in [0.25, 0.3) is 0 Å². The number of rotatable bonds is 6. The lowest BCUT2D eigenvalue weighted by atomic mass is 9.98. The number of nitrogens with zero attached hydrogens (tertiary/aromatic N) is 2. The molecule has 0 spiro atoms. The van der Waals surface area contributed by atoms with Gasteiger partial charge in [0.15, 0.2) is 0 Å². The fraction of sp³-hybridized carbons (Fsp3) is 0.727. The zero-order valence-electron chi connectivity index (χ0n) is 9.62. The Morgan fingerprint density at radius 1 is 1.53 bits per heavy atom. The monoisotopic (exact) mass is 210 g/mol. The molecule has 0 bridgehead atoms. The van der Waals surface area contributed by atoms with Crippen molar-refractivity contribution in [2.24, 2.45) is 11.1 Å². The Bertz CT molecular complexity index is 266. The molecule has 0 radical (unpaired) electrons. The summed E-state index contributed by atoms with van der Waals surface area (Å²) in [5.74, 6) is -0.450. The zero-order valence-corrected chi connectivity index (χ0v) is 9.62. The highest BCUT2D eigenvalue weighted by molar-refractivity contribution is 5.84. The van der Waals surface area contributed by atoms with Gasteiger partial charge in [-0.3, -0.25) is 0 Å². The number of oxime groups is 1. The Balaban J connectivity index is 4.24. The standard InChI is InChI=1S/C11H18N2O2/c1-4-6-10(8-12)7-11(5-2)13-15-9(3)14/h10H,4-7H2,1-3H3/b13-11+. The molecule has 1 unspecified atom stereocenters. The van der Waals surface area contributed by atoms with Crippen LogP contribution in [0.3, 0.4) is 0 Å². The molecule has 4 nitrogen and oxygen atoms in total. The van der Waals surface area contributed by atoms with Gasteiger partial charge in [0.05, 0.1) is 17.7 Å². The van der Waals surface area contributed by atoms with Crippen molar-refractivity contribution in [2.75, 3.05) is 0 Å². The minimum Gasteiger partial charge on any atom is -0.319 e. The zero-order chi connectivity index (χ0) is 11.7. The fourth-order valence-electron chi connectivity index (χ4n) is 1.22. The van der Waals surface area contributed by atoms with Crippen molar-refractivity contribution < 1.29 is 9.63 Å². The van der Waals surface area contributed by atoms with Gasteiger partial charge in [-0.25, -0.2) is 4.79 Å². The quantitative estimate of drug-likeness (QED) is 0.384. The highest BCUT2D eigenvalue weighted by atomic mass is 16.7. The molecule has 84 valence electrons. The van der Waals surface area contributed by atoms with Crippen molar-refractivity contribution in [2.45, 2.75) is 46.5 Å². The van der Waals surface area contributed by atoms with Crippen LogP contribution in [0, 0.1) is 17.2 Å². The van der Waals surface area contributed by atoms with Gasteiger partial charge in [-0.05, 0) is 12.8 Å². The summed E-state index contributed by atoms with van der Waals surface area (Å²) >= 11 is 0. The minimum absolute atomic E-state index is 0.0238. The molecule has 0 N–H and O–H groups in total. The molecule has 0 fully saturated rings. The SMILES string of the molecule is CCCC(C#N)C/C(CC)=N/OC(C)=O. The average Bonchev–Trinajstić information content (AvgIpc) is 2.22. The first-order chi connectivity index (χ1) is 7.13. The third-order valence-electron chi connectivity index (χ3n) is 2.01. The lowest BCUT2D eigenvalue weighted by Gasteiger charge is -2.07. The first-order valence-corrected chi connectivity index (χ1v) is 5.26. The van der Waals surface area contributed by atoms with Gasteiger partial charge in [-0.15, -0.1) is 0 Å². The maximum absolute atomic E-state index is 10.6. The number of nitriles is 1. The lowest BCUT2D eigenvalue weighted by Crippen LogP contribution is -2.07. The van der Waals surface area contributed by atoms with Crippen molar-refractivity contribution in [3.8, 4) is 6.07 Å². The van der Waals surface area contributed by atoms with Crippen molar-refractivity contribution in [3.05, 3.63) is 0 Å². The second-order valence-corrected chi connectivity index (χ2v) is 3.41. The Morgan fingerprint density at radius 2 is 2.20 bits per heavy atom. The normalized spacial score (nSPS) is 13.1. The van der Waals surface area contributed by atoms with Gasteiger partial charge in [0.1, 0.15) is 0 Å². The van der Waals surface area contributed by atoms with Gasteiger partial charge in [0.2, 0.25) is 0 Å². The molecule has 0 aromatic carbocycles. The second kappa shape index (κ2) is 7.98. The number of carbonyl (C=O) groups excluding carboxylic acids is 1. The molecule has 15 heavy (non-hydrogen) atoms. The van der Waals surface area contributed by atoms with E-state index in [-0.39, 0.29) is 5.92 Å². The first-order valence-electron chi connectivity index (χ1n) is 5.26. The molecule has 0 aromatic heterocycles. The third-order valence-corrected chi connectivity index (χ3v) is 2.01. The van der Waals surface area contributed by atoms with Crippen molar-refractivity contribution in [1.29, 1.82) is 5.26 Å². The highest BCUT2D eigenvalue weighted by Gasteiger charge is 2.10. The molecule has 0 saturated carbocycles. The van der Waals surface area contributed by atoms with E-state index in [1.165, 1.54) is 6.92 Å². The van der Waals surface area contributed by atoms with Crippen LogP contribution in [0.5, 0.6) is 0 Å². The number of hydrogen-bond donors (Lipinski definition) is 0. The van der Waals surface area contributed by atoms with Gasteiger partial charge in [0.25, 0.3) is 0 Å². The fourth-order valence-corrected chi connectivity index (χ4v) is 1.22. The molecule has 0 aromatic rings. The largest absolute Gasteiger partial charge is 0.331 e. The summed E-state index contributed by atoms with van der Waals surface area (Å²) in [5, 5.41) is 12.6. The van der Waals surface area contributed by atoms with E-state index in [0.29, 0.717) is 12.8 Å². The maximum Gasteiger partial charge on any atom is 0.331 e. The van der Waals surface area contributed by atoms with Crippen LogP contribution >= 0.6 is 0 Å². The lowest BCUT2D eigenvalue weighted by molar-refractivity contribution is -0.140. The molecule has 1 atom stereocenters. The van der Waals surface area contributed by atoms with Gasteiger partial charge in [-0.2, -0.15) is 5.26 Å². The molecular formula is C11H18N2O2. The van der Waals surface area contributed by atoms with Crippen molar-refractivity contribution in [1.82, 2.24) is 0 Å². The maximum atomic E-state index is 10.6. The summed E-state index contributed by atoms with van der Waals surface area (Å²) in [7, 11) is 0. The van der Waals surface area contributed by atoms with E-state index < -0.39 is 5.97 Å². The third kappa shape index (κ3) is 6.67. The van der Waals surface area contributed by atoms with Crippen LogP contribution in [-0.2, 0) is 9.63 Å². The Morgan fingerprint density at radius 3 is 2.60 bits per heavy atom. The summed E-state index contributed by atoms with van der Waals surface area (Å²) in [6, 6.07) is 2.23. The molecule has 0 saturated heterocycles. The van der Waals surface area contributed by atoms with Crippen molar-refractivity contribution >= 4 is 11.7 Å². The first kappa shape index (κ1) is 13.6. The van der Waals surface area contributed by atoms with Crippen LogP contribution in [0.1, 0.15) is 46.5 Å². The van der Waals surface area contributed by atoms with E-state index in [9.17, 15) is 4.79 Å². The summed E-state index contributed by atoms with van der Waals surface area (Å²) in [6.07, 6.45) is 3.13. The van der Waals surface area contributed by atoms with E-state index >= 15 is 0 Å². The molecule has 0 aliphatic heterocycles. The Kier molecular flexibility index (Phi) is 7.25. The van der Waals surface area contributed by atoms with E-state index in [4.69, 9.17) is 5.26 Å². The Labute approximate surface area is 90.9 Å². The van der Waals surface area contributed by atoms with Crippen molar-refractivity contribution in [3.63, 3.8) is 0 Å². The predicted molar refractivity (Wildman–Crippen MR) is 58.1 cm³/mol. The average molecular weight is 210 g/mol. The van der Waals surface area contributed by atoms with Crippen LogP contribution in [0.2, 0.25) is 0 Å². The van der Waals surface area contributed by atoms with Crippen LogP contribution in [0.4, 0.5) is 0 Å². The number of hydrogen-bond acceptors (Lipinski definition) is 4. The van der Waals surface area contributed by atoms with Crippen LogP contribution < -0.4 is 0 Å². The van der Waals surface area contributed by atoms with Gasteiger partial charge in [-0.1, -0.05) is 25.4 Å². The van der Waals surface area contributed by atoms with Gasteiger partial charge >= 0.3 is 5.97 Å². The van der Waals surface area contributed by atoms with Gasteiger partial charge in [0, 0.05) is 13.3 Å². The summed E-state index contributed by atoms with van der Waals surface area (Å²) in [5.41, 5.74) is 0.769. The molecule has 0 amide bonds. The van der Waals surface area contributed by atoms with Crippen LogP contribution in [-0.4, -0.2) is 11.7 Å². The van der Waals surface area contributed by atoms with E-state index in [1.807, 2.05) is 13.8 Å². The molecule has 0 rings (SSSR count). The Hall–Kier alpha value is -1.37.